The number of hydrogen-bond acceptors (Lipinski definition) is 2. The minimum atomic E-state index is 0.868. The van der Waals surface area contributed by atoms with Crippen LogP contribution < -0.4 is 5.32 Å². The molecule has 0 aliphatic carbocycles. The summed E-state index contributed by atoms with van der Waals surface area (Å²) in [6.45, 7) is 4.03. The fraction of sp³-hybridized carbons (Fsp3) is 0.429. The van der Waals surface area contributed by atoms with Crippen LogP contribution in [0.25, 0.3) is 0 Å². The third-order valence-corrected chi connectivity index (χ3v) is 2.34. The third-order valence-electron chi connectivity index (χ3n) is 1.20. The van der Waals surface area contributed by atoms with Crippen LogP contribution in [-0.2, 0) is 6.54 Å². The molecule has 1 aromatic heterocycles. The van der Waals surface area contributed by atoms with Crippen LogP contribution >= 0.6 is 22.9 Å². The normalized spacial score (nSPS) is 10.2. The van der Waals surface area contributed by atoms with Crippen molar-refractivity contribution in [3.05, 3.63) is 21.3 Å². The van der Waals surface area contributed by atoms with Gasteiger partial charge >= 0.3 is 0 Å². The Labute approximate surface area is 70.0 Å². The lowest BCUT2D eigenvalue weighted by Crippen LogP contribution is -2.10. The number of hydrogen-bond donors (Lipinski definition) is 1. The molecule has 1 rings (SSSR count). The molecular weight excluding hydrogens is 166 g/mol. The van der Waals surface area contributed by atoms with E-state index in [1.165, 1.54) is 5.56 Å². The number of nitrogens with one attached hydrogen (secondary N) is 1. The molecule has 1 N–H and O–H groups in total. The van der Waals surface area contributed by atoms with Crippen LogP contribution in [0.3, 0.4) is 0 Å². The largest absolute Gasteiger partial charge is 0.313 e. The summed E-state index contributed by atoms with van der Waals surface area (Å²) in [7, 11) is 0. The first kappa shape index (κ1) is 8.05. The number of rotatable bonds is 3. The van der Waals surface area contributed by atoms with Gasteiger partial charge in [-0.25, -0.2) is 0 Å². The summed E-state index contributed by atoms with van der Waals surface area (Å²) in [4.78, 5) is 0. The summed E-state index contributed by atoms with van der Waals surface area (Å²) in [5, 5.41) is 5.30. The van der Waals surface area contributed by atoms with Gasteiger partial charge in [-0.05, 0) is 23.6 Å². The summed E-state index contributed by atoms with van der Waals surface area (Å²) in [5.74, 6) is 0. The second-order valence-electron chi connectivity index (χ2n) is 2.04. The highest BCUT2D eigenvalue weighted by molar-refractivity contribution is 7.14. The van der Waals surface area contributed by atoms with Gasteiger partial charge in [0.05, 0.1) is 4.34 Å². The lowest BCUT2D eigenvalue weighted by molar-refractivity contribution is 0.729. The predicted octanol–water partition coefficient (Wildman–Crippen LogP) is 2.51. The average molecular weight is 176 g/mol. The van der Waals surface area contributed by atoms with Gasteiger partial charge in [0.1, 0.15) is 0 Å². The molecule has 1 heterocycles. The van der Waals surface area contributed by atoms with Crippen molar-refractivity contribution < 1.29 is 0 Å². The highest BCUT2D eigenvalue weighted by atomic mass is 35.5. The van der Waals surface area contributed by atoms with Crippen molar-refractivity contribution in [2.45, 2.75) is 13.5 Å². The van der Waals surface area contributed by atoms with E-state index in [9.17, 15) is 0 Å². The Balaban J connectivity index is 2.42. The van der Waals surface area contributed by atoms with E-state index in [4.69, 9.17) is 11.6 Å². The maximum absolute atomic E-state index is 5.73. The molecule has 0 aliphatic rings. The van der Waals surface area contributed by atoms with E-state index >= 15 is 0 Å². The van der Waals surface area contributed by atoms with Crippen LogP contribution in [0.15, 0.2) is 11.4 Å². The number of halogens is 1. The van der Waals surface area contributed by atoms with E-state index in [1.807, 2.05) is 6.07 Å². The third kappa shape index (κ3) is 2.29. The minimum absolute atomic E-state index is 0.868. The molecule has 0 radical (unpaired) electrons. The van der Waals surface area contributed by atoms with Crippen molar-refractivity contribution >= 4 is 22.9 Å². The summed E-state index contributed by atoms with van der Waals surface area (Å²) in [6.07, 6.45) is 0. The first-order chi connectivity index (χ1) is 4.83. The van der Waals surface area contributed by atoms with Gasteiger partial charge in [0.25, 0.3) is 0 Å². The molecule has 1 nitrogen and oxygen atoms in total. The highest BCUT2D eigenvalue weighted by Gasteiger charge is 1.94. The minimum Gasteiger partial charge on any atom is -0.313 e. The zero-order valence-electron chi connectivity index (χ0n) is 5.86. The molecule has 0 spiro atoms. The molecule has 1 aromatic rings. The summed E-state index contributed by atoms with van der Waals surface area (Å²) < 4.78 is 0.868. The Kier molecular flexibility index (Phi) is 3.19. The predicted molar refractivity (Wildman–Crippen MR) is 46.7 cm³/mol. The van der Waals surface area contributed by atoms with Gasteiger partial charge in [-0.15, -0.1) is 11.3 Å². The lowest BCUT2D eigenvalue weighted by Gasteiger charge is -1.95. The second kappa shape index (κ2) is 3.96. The van der Waals surface area contributed by atoms with Crippen LogP contribution in [-0.4, -0.2) is 6.54 Å². The van der Waals surface area contributed by atoms with Crippen LogP contribution in [0.1, 0.15) is 12.5 Å². The topological polar surface area (TPSA) is 12.0 Å². The first-order valence-corrected chi connectivity index (χ1v) is 4.52. The average Bonchev–Trinajstić information content (AvgIpc) is 2.31. The molecule has 0 aliphatic heterocycles. The van der Waals surface area contributed by atoms with Crippen molar-refractivity contribution in [2.75, 3.05) is 6.54 Å². The molecule has 0 aromatic carbocycles. The van der Waals surface area contributed by atoms with Crippen LogP contribution in [0.2, 0.25) is 4.34 Å². The Morgan fingerprint density at radius 1 is 1.70 bits per heavy atom. The van der Waals surface area contributed by atoms with Crippen LogP contribution in [0.5, 0.6) is 0 Å². The standard InChI is InChI=1S/C7H10ClNS/c1-2-9-4-6-3-7(8)10-5-6/h3,5,9H,2,4H2,1H3. The molecule has 0 unspecified atom stereocenters. The van der Waals surface area contributed by atoms with Crippen molar-refractivity contribution in [2.24, 2.45) is 0 Å². The van der Waals surface area contributed by atoms with Gasteiger partial charge in [0, 0.05) is 6.54 Å². The highest BCUT2D eigenvalue weighted by Crippen LogP contribution is 2.19. The monoisotopic (exact) mass is 175 g/mol. The van der Waals surface area contributed by atoms with Crippen molar-refractivity contribution in [3.8, 4) is 0 Å². The SMILES string of the molecule is CCNCc1csc(Cl)c1. The van der Waals surface area contributed by atoms with E-state index in [2.05, 4.69) is 17.6 Å². The van der Waals surface area contributed by atoms with Gasteiger partial charge in [0.2, 0.25) is 0 Å². The summed E-state index contributed by atoms with van der Waals surface area (Å²) in [5.41, 5.74) is 1.27. The lowest BCUT2D eigenvalue weighted by atomic mass is 10.3. The van der Waals surface area contributed by atoms with Crippen molar-refractivity contribution in [1.29, 1.82) is 0 Å². The fourth-order valence-corrected chi connectivity index (χ4v) is 1.62. The van der Waals surface area contributed by atoms with Crippen LogP contribution in [0.4, 0.5) is 0 Å². The van der Waals surface area contributed by atoms with Gasteiger partial charge in [-0.1, -0.05) is 18.5 Å². The number of thiophene rings is 1. The molecule has 56 valence electrons. The van der Waals surface area contributed by atoms with E-state index < -0.39 is 0 Å². The Morgan fingerprint density at radius 3 is 3.00 bits per heavy atom. The van der Waals surface area contributed by atoms with E-state index in [-0.39, 0.29) is 0 Å². The summed E-state index contributed by atoms with van der Waals surface area (Å²) in [6, 6.07) is 1.99. The maximum atomic E-state index is 5.73. The second-order valence-corrected chi connectivity index (χ2v) is 3.58. The molecule has 3 heteroatoms. The van der Waals surface area contributed by atoms with Gasteiger partial charge in [0.15, 0.2) is 0 Å². The smallest absolute Gasteiger partial charge is 0.0931 e. The Morgan fingerprint density at radius 2 is 2.50 bits per heavy atom. The van der Waals surface area contributed by atoms with Gasteiger partial charge < -0.3 is 5.32 Å². The quantitative estimate of drug-likeness (QED) is 0.745. The van der Waals surface area contributed by atoms with E-state index in [0.717, 1.165) is 17.4 Å². The van der Waals surface area contributed by atoms with E-state index in [0.29, 0.717) is 0 Å². The molecule has 0 saturated heterocycles. The fourth-order valence-electron chi connectivity index (χ4n) is 0.708. The molecular formula is C7H10ClNS. The van der Waals surface area contributed by atoms with Crippen molar-refractivity contribution in [3.63, 3.8) is 0 Å². The first-order valence-electron chi connectivity index (χ1n) is 3.26. The maximum Gasteiger partial charge on any atom is 0.0931 e. The Hall–Kier alpha value is -0.0500. The Bertz CT molecular complexity index is 197. The van der Waals surface area contributed by atoms with Gasteiger partial charge in [-0.2, -0.15) is 0 Å². The molecule has 0 fully saturated rings. The summed E-state index contributed by atoms with van der Waals surface area (Å²) >= 11 is 7.31. The molecule has 0 atom stereocenters. The molecule has 0 saturated carbocycles. The van der Waals surface area contributed by atoms with E-state index in [1.54, 1.807) is 11.3 Å². The van der Waals surface area contributed by atoms with Gasteiger partial charge in [-0.3, -0.25) is 0 Å². The van der Waals surface area contributed by atoms with Crippen molar-refractivity contribution in [1.82, 2.24) is 5.32 Å². The molecule has 0 bridgehead atoms. The van der Waals surface area contributed by atoms with Crippen LogP contribution in [0, 0.1) is 0 Å². The molecule has 0 amide bonds. The zero-order chi connectivity index (χ0) is 7.40. The molecule has 10 heavy (non-hydrogen) atoms. The zero-order valence-corrected chi connectivity index (χ0v) is 7.43.